The zero-order valence-corrected chi connectivity index (χ0v) is 14.7. The Morgan fingerprint density at radius 3 is 2.05 bits per heavy atom. The number of unbranched alkanes of at least 4 members (excludes halogenated alkanes) is 2. The van der Waals surface area contributed by atoms with E-state index in [1.54, 1.807) is 4.67 Å². The van der Waals surface area contributed by atoms with Gasteiger partial charge < -0.3 is 4.52 Å². The molecule has 0 fully saturated rings. The van der Waals surface area contributed by atoms with Gasteiger partial charge in [0, 0.05) is 13.1 Å². The lowest BCUT2D eigenvalue weighted by Crippen LogP contribution is -2.30. The topological polar surface area (TPSA) is 53.3 Å². The van der Waals surface area contributed by atoms with Crippen LogP contribution >= 0.6 is 7.52 Å². The Balaban J connectivity index is 4.85. The lowest BCUT2D eigenvalue weighted by Gasteiger charge is -2.33. The van der Waals surface area contributed by atoms with Crippen molar-refractivity contribution in [3.05, 3.63) is 0 Å². The molecule has 5 heteroatoms. The van der Waals surface area contributed by atoms with E-state index in [9.17, 15) is 9.83 Å². The molecule has 0 aromatic carbocycles. The second-order valence-electron chi connectivity index (χ2n) is 5.88. The summed E-state index contributed by atoms with van der Waals surface area (Å²) in [6, 6.07) is 0. The van der Waals surface area contributed by atoms with E-state index in [4.69, 9.17) is 4.52 Å². The summed E-state index contributed by atoms with van der Waals surface area (Å²) in [5, 5.41) is 9.36. The second kappa shape index (κ2) is 9.55. The first kappa shape index (κ1) is 19.6. The van der Waals surface area contributed by atoms with Crippen molar-refractivity contribution in [1.82, 2.24) is 4.67 Å². The van der Waals surface area contributed by atoms with Crippen LogP contribution in [0.4, 0.5) is 0 Å². The molecule has 0 saturated heterocycles. The molecule has 0 amide bonds. The highest BCUT2D eigenvalue weighted by Gasteiger charge is 2.37. The minimum absolute atomic E-state index is 0.514. The van der Waals surface area contributed by atoms with Crippen molar-refractivity contribution in [2.75, 3.05) is 13.1 Å². The van der Waals surface area contributed by atoms with E-state index in [1.165, 1.54) is 0 Å². The molecule has 0 heterocycles. The van der Waals surface area contributed by atoms with Crippen LogP contribution in [0, 0.1) is 11.1 Å². The van der Waals surface area contributed by atoms with Crippen LogP contribution in [0.15, 0.2) is 0 Å². The molecule has 0 aliphatic carbocycles. The van der Waals surface area contributed by atoms with E-state index in [2.05, 4.69) is 6.92 Å². The Morgan fingerprint density at radius 2 is 1.65 bits per heavy atom. The van der Waals surface area contributed by atoms with Gasteiger partial charge in [-0.1, -0.05) is 40.0 Å². The van der Waals surface area contributed by atoms with Crippen molar-refractivity contribution in [2.24, 2.45) is 0 Å². The summed E-state index contributed by atoms with van der Waals surface area (Å²) in [6.45, 7) is 11.4. The molecule has 0 aromatic rings. The van der Waals surface area contributed by atoms with E-state index < -0.39 is 13.1 Å². The van der Waals surface area contributed by atoms with Gasteiger partial charge in [0.05, 0.1) is 5.60 Å². The fourth-order valence-electron chi connectivity index (χ4n) is 2.21. The largest absolute Gasteiger partial charge is 0.371 e. The minimum atomic E-state index is -3.37. The molecule has 0 aliphatic rings. The number of nitrogens with zero attached hydrogens (tertiary/aromatic N) is 2. The normalized spacial score (nSPS) is 15.1. The third-order valence-corrected chi connectivity index (χ3v) is 5.35. The van der Waals surface area contributed by atoms with Gasteiger partial charge in [-0.3, -0.25) is 4.57 Å². The van der Waals surface area contributed by atoms with Crippen molar-refractivity contribution in [1.29, 1.82) is 5.26 Å². The van der Waals surface area contributed by atoms with Gasteiger partial charge in [-0.25, -0.2) is 4.67 Å². The smallest absolute Gasteiger partial charge is 0.301 e. The summed E-state index contributed by atoms with van der Waals surface area (Å²) < 4.78 is 20.4. The van der Waals surface area contributed by atoms with Gasteiger partial charge >= 0.3 is 7.52 Å². The van der Waals surface area contributed by atoms with Crippen LogP contribution in [0.3, 0.4) is 0 Å². The van der Waals surface area contributed by atoms with Gasteiger partial charge in [0.1, 0.15) is 0 Å². The zero-order chi connectivity index (χ0) is 15.6. The number of hydrogen-bond donors (Lipinski definition) is 0. The van der Waals surface area contributed by atoms with Crippen molar-refractivity contribution >= 4 is 7.52 Å². The standard InChI is InChI=1S/C15H31N2O2P/c1-6-9-10-11-15(4,5)19-20(18,14-16)17(12-7-2)13-8-3/h6-13H2,1-5H3. The third kappa shape index (κ3) is 6.88. The second-order valence-corrected chi connectivity index (χ2v) is 7.87. The molecule has 0 radical (unpaired) electrons. The molecule has 0 aliphatic heterocycles. The molecule has 4 nitrogen and oxygen atoms in total. The number of hydrogen-bond acceptors (Lipinski definition) is 3. The molecule has 118 valence electrons. The molecule has 1 unspecified atom stereocenters. The first-order valence-corrected chi connectivity index (χ1v) is 9.40. The summed E-state index contributed by atoms with van der Waals surface area (Å²) in [6.07, 6.45) is 5.88. The molecule has 0 N–H and O–H groups in total. The van der Waals surface area contributed by atoms with Gasteiger partial charge in [-0.2, -0.15) is 5.26 Å². The lowest BCUT2D eigenvalue weighted by molar-refractivity contribution is 0.0883. The summed E-state index contributed by atoms with van der Waals surface area (Å²) in [7, 11) is -3.37. The fraction of sp³-hybridized carbons (Fsp3) is 0.933. The molecule has 0 aromatic heterocycles. The molecule has 0 rings (SSSR count). The van der Waals surface area contributed by atoms with Crippen LogP contribution < -0.4 is 0 Å². The van der Waals surface area contributed by atoms with Crippen molar-refractivity contribution < 1.29 is 9.09 Å². The first-order chi connectivity index (χ1) is 9.35. The van der Waals surface area contributed by atoms with E-state index in [0.717, 1.165) is 38.5 Å². The summed E-state index contributed by atoms with van der Waals surface area (Å²) in [5.41, 5.74) is -0.514. The Kier molecular flexibility index (Phi) is 9.38. The van der Waals surface area contributed by atoms with E-state index in [1.807, 2.05) is 33.5 Å². The van der Waals surface area contributed by atoms with Gasteiger partial charge in [0.25, 0.3) is 0 Å². The number of rotatable bonds is 11. The molecule has 0 bridgehead atoms. The summed E-state index contributed by atoms with van der Waals surface area (Å²) in [4.78, 5) is 0. The third-order valence-electron chi connectivity index (χ3n) is 3.22. The maximum Gasteiger partial charge on any atom is 0.371 e. The van der Waals surface area contributed by atoms with Crippen LogP contribution in [0.2, 0.25) is 0 Å². The van der Waals surface area contributed by atoms with Gasteiger partial charge in [0.2, 0.25) is 0 Å². The van der Waals surface area contributed by atoms with Gasteiger partial charge in [0.15, 0.2) is 5.81 Å². The quantitative estimate of drug-likeness (QED) is 0.391. The predicted octanol–water partition coefficient (Wildman–Crippen LogP) is 5.16. The molecule has 0 saturated carbocycles. The van der Waals surface area contributed by atoms with Crippen LogP contribution in [-0.2, 0) is 9.09 Å². The highest BCUT2D eigenvalue weighted by molar-refractivity contribution is 7.61. The van der Waals surface area contributed by atoms with Crippen LogP contribution in [0.25, 0.3) is 0 Å². The fourth-order valence-corrected chi connectivity index (χ4v) is 4.18. The Hall–Kier alpha value is -0.360. The van der Waals surface area contributed by atoms with Crippen molar-refractivity contribution in [2.45, 2.75) is 78.7 Å². The van der Waals surface area contributed by atoms with Gasteiger partial charge in [-0.15, -0.1) is 0 Å². The van der Waals surface area contributed by atoms with Crippen molar-refractivity contribution in [3.63, 3.8) is 0 Å². The van der Waals surface area contributed by atoms with E-state index in [-0.39, 0.29) is 0 Å². The Bertz CT molecular complexity index is 344. The van der Waals surface area contributed by atoms with E-state index >= 15 is 0 Å². The van der Waals surface area contributed by atoms with Crippen LogP contribution in [0.5, 0.6) is 0 Å². The first-order valence-electron chi connectivity index (χ1n) is 7.82. The molecule has 1 atom stereocenters. The molecule has 20 heavy (non-hydrogen) atoms. The van der Waals surface area contributed by atoms with E-state index in [0.29, 0.717) is 13.1 Å². The van der Waals surface area contributed by atoms with Crippen molar-refractivity contribution in [3.8, 4) is 5.81 Å². The molecular weight excluding hydrogens is 271 g/mol. The lowest BCUT2D eigenvalue weighted by atomic mass is 10.0. The maximum atomic E-state index is 12.9. The maximum absolute atomic E-state index is 12.9. The van der Waals surface area contributed by atoms with Crippen LogP contribution in [-0.4, -0.2) is 23.4 Å². The van der Waals surface area contributed by atoms with Gasteiger partial charge in [-0.05, 0) is 33.1 Å². The van der Waals surface area contributed by atoms with Crippen LogP contribution in [0.1, 0.15) is 73.1 Å². The Labute approximate surface area is 125 Å². The Morgan fingerprint density at radius 1 is 1.10 bits per heavy atom. The summed E-state index contributed by atoms with van der Waals surface area (Å²) in [5.74, 6) is 1.95. The average molecular weight is 302 g/mol. The highest BCUT2D eigenvalue weighted by Crippen LogP contribution is 2.53. The highest BCUT2D eigenvalue weighted by atomic mass is 31.2. The zero-order valence-electron chi connectivity index (χ0n) is 13.8. The predicted molar refractivity (Wildman–Crippen MR) is 84.7 cm³/mol. The monoisotopic (exact) mass is 302 g/mol. The minimum Gasteiger partial charge on any atom is -0.301 e. The SMILES string of the molecule is CCCCCC(C)(C)OP(=O)(C#N)N(CCC)CCC. The summed E-state index contributed by atoms with van der Waals surface area (Å²) >= 11 is 0. The molecule has 0 spiro atoms. The average Bonchev–Trinajstić information content (AvgIpc) is 2.38. The molecular formula is C15H31N2O2P. The number of nitriles is 1.